The van der Waals surface area contributed by atoms with E-state index in [1.54, 1.807) is 6.26 Å². The number of aliphatic hydroxyl groups is 1. The van der Waals surface area contributed by atoms with E-state index in [-0.39, 0.29) is 6.04 Å². The van der Waals surface area contributed by atoms with Crippen molar-refractivity contribution in [2.45, 2.75) is 25.0 Å². The van der Waals surface area contributed by atoms with Crippen LogP contribution in [0, 0.1) is 0 Å². The summed E-state index contributed by atoms with van der Waals surface area (Å²) in [4.78, 5) is 0. The Morgan fingerprint density at radius 3 is 3.06 bits per heavy atom. The highest BCUT2D eigenvalue weighted by molar-refractivity contribution is 5.81. The Balaban J connectivity index is 1.98. The third-order valence-electron chi connectivity index (χ3n) is 3.31. The van der Waals surface area contributed by atoms with Crippen LogP contribution >= 0.6 is 0 Å². The van der Waals surface area contributed by atoms with Gasteiger partial charge in [0.1, 0.15) is 5.58 Å². The molecule has 1 aromatic heterocycles. The number of furan rings is 1. The van der Waals surface area contributed by atoms with Crippen LogP contribution in [0.1, 0.15) is 24.5 Å². The third-order valence-corrected chi connectivity index (χ3v) is 3.31. The van der Waals surface area contributed by atoms with E-state index in [0.717, 1.165) is 35.9 Å². The predicted octanol–water partition coefficient (Wildman–Crippen LogP) is 2.22. The van der Waals surface area contributed by atoms with Crippen LogP contribution in [-0.4, -0.2) is 17.7 Å². The molecule has 1 fully saturated rings. The number of aliphatic hydroxyl groups excluding tert-OH is 1. The first-order valence-corrected chi connectivity index (χ1v) is 5.74. The molecule has 2 atom stereocenters. The minimum Gasteiger partial charge on any atom is -0.464 e. The summed E-state index contributed by atoms with van der Waals surface area (Å²) in [5.74, 6) is 0. The van der Waals surface area contributed by atoms with Crippen LogP contribution in [0.3, 0.4) is 0 Å². The van der Waals surface area contributed by atoms with Gasteiger partial charge >= 0.3 is 0 Å². The molecule has 1 saturated heterocycles. The highest BCUT2D eigenvalue weighted by atomic mass is 16.3. The summed E-state index contributed by atoms with van der Waals surface area (Å²) in [7, 11) is 0. The predicted molar refractivity (Wildman–Crippen MR) is 62.2 cm³/mol. The Morgan fingerprint density at radius 2 is 2.25 bits per heavy atom. The topological polar surface area (TPSA) is 45.4 Å². The first-order chi connectivity index (χ1) is 7.86. The number of rotatable bonds is 2. The van der Waals surface area contributed by atoms with Crippen LogP contribution in [0.5, 0.6) is 0 Å². The number of benzene rings is 1. The second-order valence-electron chi connectivity index (χ2n) is 4.33. The molecule has 3 nitrogen and oxygen atoms in total. The average molecular weight is 217 g/mol. The van der Waals surface area contributed by atoms with E-state index in [1.807, 2.05) is 24.3 Å². The lowest BCUT2D eigenvalue weighted by Crippen LogP contribution is -2.28. The summed E-state index contributed by atoms with van der Waals surface area (Å²) in [6.07, 6.45) is 3.37. The molecule has 1 aliphatic rings. The van der Waals surface area contributed by atoms with Crippen molar-refractivity contribution >= 4 is 11.0 Å². The van der Waals surface area contributed by atoms with Gasteiger partial charge in [-0.2, -0.15) is 0 Å². The summed E-state index contributed by atoms with van der Waals surface area (Å²) in [5.41, 5.74) is 1.74. The van der Waals surface area contributed by atoms with E-state index in [1.165, 1.54) is 0 Å². The Kier molecular flexibility index (Phi) is 2.42. The SMILES string of the molecule is OC(c1coc2ccccc12)C1CCCN1. The molecule has 2 heterocycles. The molecular weight excluding hydrogens is 202 g/mol. The number of hydrogen-bond acceptors (Lipinski definition) is 3. The Morgan fingerprint density at radius 1 is 1.38 bits per heavy atom. The zero-order chi connectivity index (χ0) is 11.0. The second kappa shape index (κ2) is 3.92. The van der Waals surface area contributed by atoms with Gasteiger partial charge < -0.3 is 14.8 Å². The van der Waals surface area contributed by atoms with Gasteiger partial charge in [0, 0.05) is 17.0 Å². The van der Waals surface area contributed by atoms with Crippen LogP contribution in [0.25, 0.3) is 11.0 Å². The van der Waals surface area contributed by atoms with Crippen molar-refractivity contribution in [3.05, 3.63) is 36.1 Å². The minimum absolute atomic E-state index is 0.168. The van der Waals surface area contributed by atoms with Crippen LogP contribution in [0.4, 0.5) is 0 Å². The van der Waals surface area contributed by atoms with Crippen molar-refractivity contribution < 1.29 is 9.52 Å². The number of fused-ring (bicyclic) bond motifs is 1. The first kappa shape index (κ1) is 9.87. The highest BCUT2D eigenvalue weighted by Gasteiger charge is 2.26. The summed E-state index contributed by atoms with van der Waals surface area (Å²) >= 11 is 0. The molecule has 0 saturated carbocycles. The Hall–Kier alpha value is -1.32. The van der Waals surface area contributed by atoms with E-state index in [0.29, 0.717) is 0 Å². The van der Waals surface area contributed by atoms with E-state index in [2.05, 4.69) is 5.32 Å². The molecule has 1 aliphatic heterocycles. The van der Waals surface area contributed by atoms with Crippen molar-refractivity contribution in [3.63, 3.8) is 0 Å². The molecule has 16 heavy (non-hydrogen) atoms. The number of hydrogen-bond donors (Lipinski definition) is 2. The van der Waals surface area contributed by atoms with Gasteiger partial charge in [0.05, 0.1) is 12.4 Å². The van der Waals surface area contributed by atoms with Crippen LogP contribution in [0.2, 0.25) is 0 Å². The van der Waals surface area contributed by atoms with Crippen molar-refractivity contribution in [2.24, 2.45) is 0 Å². The van der Waals surface area contributed by atoms with Crippen LogP contribution < -0.4 is 5.32 Å². The lowest BCUT2D eigenvalue weighted by molar-refractivity contribution is 0.138. The fourth-order valence-corrected chi connectivity index (χ4v) is 2.43. The molecular formula is C13H15NO2. The maximum absolute atomic E-state index is 10.3. The largest absolute Gasteiger partial charge is 0.464 e. The van der Waals surface area contributed by atoms with E-state index in [4.69, 9.17) is 4.42 Å². The standard InChI is InChI=1S/C13H15NO2/c15-13(11-5-3-7-14-11)10-8-16-12-6-2-1-4-9(10)12/h1-2,4,6,8,11,13-15H,3,5,7H2. The normalized spacial score (nSPS) is 22.7. The van der Waals surface area contributed by atoms with Crippen LogP contribution in [-0.2, 0) is 0 Å². The summed E-state index contributed by atoms with van der Waals surface area (Å²) in [6, 6.07) is 7.99. The Bertz CT molecular complexity index is 485. The van der Waals surface area contributed by atoms with Gasteiger partial charge in [-0.05, 0) is 25.5 Å². The molecule has 2 N–H and O–H groups in total. The van der Waals surface area contributed by atoms with Crippen molar-refractivity contribution in [3.8, 4) is 0 Å². The monoisotopic (exact) mass is 217 g/mol. The van der Waals surface area contributed by atoms with Crippen molar-refractivity contribution in [1.82, 2.24) is 5.32 Å². The lowest BCUT2D eigenvalue weighted by Gasteiger charge is -2.17. The zero-order valence-corrected chi connectivity index (χ0v) is 9.02. The smallest absolute Gasteiger partial charge is 0.134 e. The van der Waals surface area contributed by atoms with Gasteiger partial charge in [-0.25, -0.2) is 0 Å². The van der Waals surface area contributed by atoms with Crippen LogP contribution in [0.15, 0.2) is 34.9 Å². The minimum atomic E-state index is -0.467. The molecule has 0 spiro atoms. The highest BCUT2D eigenvalue weighted by Crippen LogP contribution is 2.30. The maximum Gasteiger partial charge on any atom is 0.134 e. The fourth-order valence-electron chi connectivity index (χ4n) is 2.43. The number of para-hydroxylation sites is 1. The molecule has 2 aromatic rings. The molecule has 84 valence electrons. The van der Waals surface area contributed by atoms with E-state index in [9.17, 15) is 5.11 Å². The van der Waals surface area contributed by atoms with E-state index >= 15 is 0 Å². The second-order valence-corrected chi connectivity index (χ2v) is 4.33. The van der Waals surface area contributed by atoms with Gasteiger partial charge in [-0.15, -0.1) is 0 Å². The summed E-state index contributed by atoms with van der Waals surface area (Å²) in [5, 5.41) is 14.6. The quantitative estimate of drug-likeness (QED) is 0.810. The Labute approximate surface area is 94.1 Å². The molecule has 0 amide bonds. The van der Waals surface area contributed by atoms with Gasteiger partial charge in [0.25, 0.3) is 0 Å². The third kappa shape index (κ3) is 1.52. The zero-order valence-electron chi connectivity index (χ0n) is 9.02. The van der Waals surface area contributed by atoms with Gasteiger partial charge in [-0.1, -0.05) is 18.2 Å². The molecule has 1 aromatic carbocycles. The van der Waals surface area contributed by atoms with Crippen molar-refractivity contribution in [1.29, 1.82) is 0 Å². The number of nitrogens with one attached hydrogen (secondary N) is 1. The first-order valence-electron chi connectivity index (χ1n) is 5.74. The molecule has 2 unspecified atom stereocenters. The molecule has 0 aliphatic carbocycles. The molecule has 3 heteroatoms. The summed E-state index contributed by atoms with van der Waals surface area (Å²) in [6.45, 7) is 0.998. The van der Waals surface area contributed by atoms with Crippen molar-refractivity contribution in [2.75, 3.05) is 6.54 Å². The van der Waals surface area contributed by atoms with Gasteiger partial charge in [0.15, 0.2) is 0 Å². The lowest BCUT2D eigenvalue weighted by atomic mass is 10.0. The molecule has 0 radical (unpaired) electrons. The molecule has 3 rings (SSSR count). The molecule has 0 bridgehead atoms. The van der Waals surface area contributed by atoms with E-state index < -0.39 is 6.10 Å². The maximum atomic E-state index is 10.3. The van der Waals surface area contributed by atoms with Gasteiger partial charge in [0.2, 0.25) is 0 Å². The fraction of sp³-hybridized carbons (Fsp3) is 0.385. The van der Waals surface area contributed by atoms with Gasteiger partial charge in [-0.3, -0.25) is 0 Å². The average Bonchev–Trinajstić information content (AvgIpc) is 2.98. The summed E-state index contributed by atoms with van der Waals surface area (Å²) < 4.78 is 5.44.